The molecule has 0 spiro atoms. The summed E-state index contributed by atoms with van der Waals surface area (Å²) in [5.41, 5.74) is 0.494. The van der Waals surface area contributed by atoms with Gasteiger partial charge in [-0.2, -0.15) is 0 Å². The number of ether oxygens (including phenoxy) is 2. The van der Waals surface area contributed by atoms with Crippen molar-refractivity contribution in [3.63, 3.8) is 0 Å². The number of nitrogens with one attached hydrogen (secondary N) is 1. The van der Waals surface area contributed by atoms with E-state index in [1.807, 2.05) is 0 Å². The SMILES string of the molecule is C[Si](C)(C)CCOCn1cc(Cl)c2c(Oc3c(F)cc(NC(=O)N4CCC4)cc3F)ccnc21. The van der Waals surface area contributed by atoms with Crippen molar-refractivity contribution in [3.8, 4) is 11.5 Å². The molecule has 3 heterocycles. The molecule has 0 radical (unpaired) electrons. The van der Waals surface area contributed by atoms with Gasteiger partial charge in [0, 0.05) is 58.0 Å². The van der Waals surface area contributed by atoms with Gasteiger partial charge in [-0.1, -0.05) is 31.2 Å². The summed E-state index contributed by atoms with van der Waals surface area (Å²) >= 11 is 6.42. The minimum Gasteiger partial charge on any atom is -0.450 e. The standard InChI is InChI=1S/C23H27ClF2N4O3Si/c1-34(2,3)10-9-32-14-30-13-16(24)20-19(5-6-27-22(20)30)33-21-17(25)11-15(12-18(21)26)28-23(31)29-7-4-8-29/h5-6,11-13H,4,7-10,14H2,1-3H3,(H,28,31). The van der Waals surface area contributed by atoms with Crippen molar-refractivity contribution in [1.29, 1.82) is 0 Å². The third kappa shape index (κ3) is 5.51. The van der Waals surface area contributed by atoms with Gasteiger partial charge in [-0.15, -0.1) is 0 Å². The molecule has 0 aliphatic carbocycles. The molecule has 11 heteroatoms. The molecule has 1 N–H and O–H groups in total. The first kappa shape index (κ1) is 24.4. The minimum absolute atomic E-state index is 0.0128. The van der Waals surface area contributed by atoms with Crippen LogP contribution in [0.3, 0.4) is 0 Å². The van der Waals surface area contributed by atoms with E-state index in [-0.39, 0.29) is 18.2 Å². The second kappa shape index (κ2) is 9.89. The molecule has 1 fully saturated rings. The smallest absolute Gasteiger partial charge is 0.321 e. The Hall–Kier alpha value is -2.69. The van der Waals surface area contributed by atoms with E-state index in [4.69, 9.17) is 21.1 Å². The van der Waals surface area contributed by atoms with Crippen molar-refractivity contribution in [2.75, 3.05) is 25.0 Å². The number of carbonyl (C=O) groups excluding carboxylic acids is 1. The van der Waals surface area contributed by atoms with E-state index in [2.05, 4.69) is 29.9 Å². The Morgan fingerprint density at radius 1 is 1.24 bits per heavy atom. The van der Waals surface area contributed by atoms with Gasteiger partial charge in [0.25, 0.3) is 0 Å². The maximum Gasteiger partial charge on any atom is 0.321 e. The molecule has 1 saturated heterocycles. The van der Waals surface area contributed by atoms with E-state index in [1.165, 1.54) is 12.3 Å². The first-order valence-electron chi connectivity index (χ1n) is 11.1. The number of amides is 2. The average Bonchev–Trinajstić information content (AvgIpc) is 3.02. The number of rotatable bonds is 8. The number of urea groups is 1. The Bertz CT molecular complexity index is 1190. The first-order valence-corrected chi connectivity index (χ1v) is 15.1. The predicted octanol–water partition coefficient (Wildman–Crippen LogP) is 6.31. The second-order valence-corrected chi connectivity index (χ2v) is 15.5. The van der Waals surface area contributed by atoms with Crippen LogP contribution in [-0.2, 0) is 11.5 Å². The number of aromatic nitrogens is 2. The Kier molecular flexibility index (Phi) is 7.11. The zero-order chi connectivity index (χ0) is 24.5. The highest BCUT2D eigenvalue weighted by Crippen LogP contribution is 2.37. The molecule has 1 aliphatic heterocycles. The lowest BCUT2D eigenvalue weighted by molar-refractivity contribution is 0.0899. The number of hydrogen-bond donors (Lipinski definition) is 1. The number of likely N-dealkylation sites (tertiary alicyclic amines) is 1. The number of anilines is 1. The van der Waals surface area contributed by atoms with Crippen molar-refractivity contribution in [3.05, 3.63) is 47.2 Å². The molecule has 3 aromatic rings. The number of pyridine rings is 1. The summed E-state index contributed by atoms with van der Waals surface area (Å²) in [5, 5.41) is 3.25. The number of carbonyl (C=O) groups is 1. The van der Waals surface area contributed by atoms with Crippen molar-refractivity contribution in [2.45, 2.75) is 38.8 Å². The van der Waals surface area contributed by atoms with Crippen LogP contribution in [0.1, 0.15) is 6.42 Å². The number of nitrogens with zero attached hydrogens (tertiary/aromatic N) is 3. The molecule has 34 heavy (non-hydrogen) atoms. The summed E-state index contributed by atoms with van der Waals surface area (Å²) in [7, 11) is -1.22. The monoisotopic (exact) mass is 508 g/mol. The van der Waals surface area contributed by atoms with Crippen LogP contribution < -0.4 is 10.1 Å². The van der Waals surface area contributed by atoms with Crippen LogP contribution in [0.4, 0.5) is 19.3 Å². The fourth-order valence-corrected chi connectivity index (χ4v) is 4.48. The van der Waals surface area contributed by atoms with Crippen molar-refractivity contribution >= 4 is 42.4 Å². The van der Waals surface area contributed by atoms with Gasteiger partial charge in [0.05, 0.1) is 10.4 Å². The number of halogens is 3. The topological polar surface area (TPSA) is 68.6 Å². The molecule has 0 atom stereocenters. The van der Waals surface area contributed by atoms with Gasteiger partial charge >= 0.3 is 6.03 Å². The van der Waals surface area contributed by atoms with Crippen LogP contribution in [0, 0.1) is 11.6 Å². The molecular weight excluding hydrogens is 482 g/mol. The van der Waals surface area contributed by atoms with Crippen LogP contribution in [0.5, 0.6) is 11.5 Å². The van der Waals surface area contributed by atoms with Crippen LogP contribution in [0.15, 0.2) is 30.6 Å². The second-order valence-electron chi connectivity index (χ2n) is 9.44. The van der Waals surface area contributed by atoms with Crippen molar-refractivity contribution < 1.29 is 23.0 Å². The molecule has 4 rings (SSSR count). The van der Waals surface area contributed by atoms with E-state index in [0.29, 0.717) is 35.8 Å². The minimum atomic E-state index is -1.22. The molecule has 1 aliphatic rings. The van der Waals surface area contributed by atoms with Gasteiger partial charge in [-0.05, 0) is 18.5 Å². The lowest BCUT2D eigenvalue weighted by atomic mass is 10.2. The summed E-state index contributed by atoms with van der Waals surface area (Å²) in [6.45, 7) is 8.94. The molecule has 1 aromatic carbocycles. The van der Waals surface area contributed by atoms with E-state index in [1.54, 1.807) is 15.7 Å². The maximum atomic E-state index is 14.8. The number of fused-ring (bicyclic) bond motifs is 1. The summed E-state index contributed by atoms with van der Waals surface area (Å²) in [4.78, 5) is 17.9. The molecular formula is C23H27ClF2N4O3Si. The molecule has 0 bridgehead atoms. The van der Waals surface area contributed by atoms with E-state index < -0.39 is 31.5 Å². The zero-order valence-electron chi connectivity index (χ0n) is 19.3. The molecule has 2 amide bonds. The van der Waals surface area contributed by atoms with E-state index >= 15 is 0 Å². The molecule has 2 aromatic heterocycles. The molecule has 0 unspecified atom stereocenters. The normalized spacial score (nSPS) is 13.8. The third-order valence-electron chi connectivity index (χ3n) is 5.50. The van der Waals surface area contributed by atoms with Gasteiger partial charge in [0.15, 0.2) is 17.4 Å². The van der Waals surface area contributed by atoms with Gasteiger partial charge in [-0.25, -0.2) is 18.6 Å². The van der Waals surface area contributed by atoms with E-state index in [9.17, 15) is 13.6 Å². The molecule has 182 valence electrons. The Morgan fingerprint density at radius 3 is 2.56 bits per heavy atom. The van der Waals surface area contributed by atoms with Crippen LogP contribution in [-0.4, -0.2) is 48.3 Å². The summed E-state index contributed by atoms with van der Waals surface area (Å²) in [6, 6.07) is 4.16. The van der Waals surface area contributed by atoms with Crippen molar-refractivity contribution in [2.24, 2.45) is 0 Å². The number of benzene rings is 1. The van der Waals surface area contributed by atoms with Crippen LogP contribution in [0.25, 0.3) is 11.0 Å². The zero-order valence-corrected chi connectivity index (χ0v) is 21.1. The van der Waals surface area contributed by atoms with Gasteiger partial charge in [0.1, 0.15) is 18.1 Å². The maximum absolute atomic E-state index is 14.8. The quantitative estimate of drug-likeness (QED) is 0.286. The van der Waals surface area contributed by atoms with Gasteiger partial charge in [-0.3, -0.25) is 0 Å². The fraction of sp³-hybridized carbons (Fsp3) is 0.391. The Labute approximate surface area is 202 Å². The number of hydrogen-bond acceptors (Lipinski definition) is 4. The summed E-state index contributed by atoms with van der Waals surface area (Å²) in [5.74, 6) is -2.33. The lowest BCUT2D eigenvalue weighted by Crippen LogP contribution is -2.44. The largest absolute Gasteiger partial charge is 0.450 e. The lowest BCUT2D eigenvalue weighted by Gasteiger charge is -2.30. The highest BCUT2D eigenvalue weighted by atomic mass is 35.5. The summed E-state index contributed by atoms with van der Waals surface area (Å²) in [6.07, 6.45) is 4.05. The fourth-order valence-electron chi connectivity index (χ4n) is 3.42. The molecule has 7 nitrogen and oxygen atoms in total. The summed E-state index contributed by atoms with van der Waals surface area (Å²) < 4.78 is 42.6. The van der Waals surface area contributed by atoms with E-state index in [0.717, 1.165) is 24.6 Å². The Balaban J connectivity index is 1.52. The third-order valence-corrected chi connectivity index (χ3v) is 7.50. The average molecular weight is 509 g/mol. The van der Waals surface area contributed by atoms with Gasteiger partial charge < -0.3 is 24.3 Å². The highest BCUT2D eigenvalue weighted by molar-refractivity contribution is 6.76. The Morgan fingerprint density at radius 2 is 1.94 bits per heavy atom. The van der Waals surface area contributed by atoms with Gasteiger partial charge in [0.2, 0.25) is 0 Å². The van der Waals surface area contributed by atoms with Crippen molar-refractivity contribution in [1.82, 2.24) is 14.5 Å². The van der Waals surface area contributed by atoms with Crippen LogP contribution in [0.2, 0.25) is 30.7 Å². The van der Waals surface area contributed by atoms with Crippen LogP contribution >= 0.6 is 11.6 Å². The first-order chi connectivity index (χ1) is 16.1. The molecule has 0 saturated carbocycles. The highest BCUT2D eigenvalue weighted by Gasteiger charge is 2.23. The predicted molar refractivity (Wildman–Crippen MR) is 130 cm³/mol.